The van der Waals surface area contributed by atoms with E-state index < -0.39 is 6.10 Å². The predicted molar refractivity (Wildman–Crippen MR) is 99.9 cm³/mol. The van der Waals surface area contributed by atoms with Gasteiger partial charge in [-0.15, -0.1) is 0 Å². The molecule has 0 aliphatic heterocycles. The molecule has 25 heavy (non-hydrogen) atoms. The average Bonchev–Trinajstić information content (AvgIpc) is 2.86. The van der Waals surface area contributed by atoms with Gasteiger partial charge in [0, 0.05) is 6.42 Å². The van der Waals surface area contributed by atoms with E-state index in [9.17, 15) is 5.11 Å². The average molecular weight is 339 g/mol. The molecular weight excluding hydrogens is 312 g/mol. The fraction of sp³-hybridized carbons (Fsp3) is 0.381. The molecule has 0 fully saturated rings. The number of fused-ring (bicyclic) bond motifs is 1. The maximum absolute atomic E-state index is 10.6. The van der Waals surface area contributed by atoms with Gasteiger partial charge in [-0.25, -0.2) is 9.13 Å². The van der Waals surface area contributed by atoms with Crippen LogP contribution in [-0.4, -0.2) is 22.4 Å². The summed E-state index contributed by atoms with van der Waals surface area (Å²) in [7, 11) is 2.08. The Labute approximate surface area is 149 Å². The van der Waals surface area contributed by atoms with Gasteiger partial charge >= 0.3 is 0 Å². The highest BCUT2D eigenvalue weighted by molar-refractivity contribution is 5.72. The summed E-state index contributed by atoms with van der Waals surface area (Å²) in [5, 5.41) is 10.6. The molecule has 0 saturated heterocycles. The molecular formula is C21H27N2O2+. The molecule has 0 saturated carbocycles. The highest BCUT2D eigenvalue weighted by atomic mass is 16.5. The van der Waals surface area contributed by atoms with Crippen molar-refractivity contribution in [3.63, 3.8) is 0 Å². The first-order valence-corrected chi connectivity index (χ1v) is 8.86. The Balaban J connectivity index is 1.79. The zero-order valence-electron chi connectivity index (χ0n) is 15.5. The van der Waals surface area contributed by atoms with Crippen molar-refractivity contribution in [2.45, 2.75) is 39.8 Å². The van der Waals surface area contributed by atoms with Crippen LogP contribution in [0.25, 0.3) is 11.0 Å². The van der Waals surface area contributed by atoms with Crippen LogP contribution >= 0.6 is 0 Å². The maximum atomic E-state index is 10.6. The Morgan fingerprint density at radius 1 is 1.08 bits per heavy atom. The van der Waals surface area contributed by atoms with Crippen LogP contribution in [0, 0.1) is 13.8 Å². The van der Waals surface area contributed by atoms with Crippen molar-refractivity contribution in [1.82, 2.24) is 4.57 Å². The zero-order chi connectivity index (χ0) is 18.0. The molecule has 4 heteroatoms. The van der Waals surface area contributed by atoms with Gasteiger partial charge in [-0.1, -0.05) is 37.3 Å². The molecule has 1 unspecified atom stereocenters. The molecule has 1 N–H and O–H groups in total. The number of nitrogens with zero attached hydrogens (tertiary/aromatic N) is 2. The van der Waals surface area contributed by atoms with E-state index in [1.165, 1.54) is 11.3 Å². The molecule has 0 aliphatic rings. The van der Waals surface area contributed by atoms with Gasteiger partial charge in [0.25, 0.3) is 5.82 Å². The second kappa shape index (κ2) is 7.28. The standard InChI is InChI=1S/C21H27N2O2/c1-5-20-22(4)18-11-6-7-12-19(18)23(20)13-17(24)14-25-21-15(2)9-8-10-16(21)3/h6-12,17,24H,5,13-14H2,1-4H3/q+1. The number of aryl methyl sites for hydroxylation is 3. The first-order valence-electron chi connectivity index (χ1n) is 8.86. The first kappa shape index (κ1) is 17.5. The van der Waals surface area contributed by atoms with Gasteiger partial charge < -0.3 is 9.84 Å². The Bertz CT molecular complexity index is 863. The molecule has 0 spiro atoms. The monoisotopic (exact) mass is 339 g/mol. The van der Waals surface area contributed by atoms with Crippen molar-refractivity contribution < 1.29 is 14.4 Å². The van der Waals surface area contributed by atoms with E-state index in [1.807, 2.05) is 44.2 Å². The van der Waals surface area contributed by atoms with Gasteiger partial charge in [0.05, 0.1) is 7.05 Å². The van der Waals surface area contributed by atoms with E-state index in [2.05, 4.69) is 35.2 Å². The second-order valence-corrected chi connectivity index (χ2v) is 6.61. The summed E-state index contributed by atoms with van der Waals surface area (Å²) >= 11 is 0. The lowest BCUT2D eigenvalue weighted by molar-refractivity contribution is -0.653. The minimum Gasteiger partial charge on any atom is -0.490 e. The third-order valence-electron chi connectivity index (χ3n) is 4.77. The fourth-order valence-electron chi connectivity index (χ4n) is 3.54. The minimum absolute atomic E-state index is 0.283. The third-order valence-corrected chi connectivity index (χ3v) is 4.77. The van der Waals surface area contributed by atoms with Crippen molar-refractivity contribution >= 4 is 11.0 Å². The number of hydrogen-bond donors (Lipinski definition) is 1. The van der Waals surface area contributed by atoms with Gasteiger partial charge in [-0.05, 0) is 37.1 Å². The number of rotatable bonds is 6. The van der Waals surface area contributed by atoms with Crippen molar-refractivity contribution in [1.29, 1.82) is 0 Å². The normalized spacial score (nSPS) is 12.5. The lowest BCUT2D eigenvalue weighted by Gasteiger charge is -2.15. The third kappa shape index (κ3) is 3.40. The highest BCUT2D eigenvalue weighted by Gasteiger charge is 2.23. The predicted octanol–water partition coefficient (Wildman–Crippen LogP) is 3.08. The largest absolute Gasteiger partial charge is 0.490 e. The topological polar surface area (TPSA) is 38.3 Å². The number of aromatic nitrogens is 2. The molecule has 3 rings (SSSR count). The fourth-order valence-corrected chi connectivity index (χ4v) is 3.54. The van der Waals surface area contributed by atoms with Gasteiger partial charge in [0.15, 0.2) is 11.0 Å². The lowest BCUT2D eigenvalue weighted by Crippen LogP contribution is -2.34. The van der Waals surface area contributed by atoms with Gasteiger partial charge in [-0.3, -0.25) is 0 Å². The molecule has 2 aromatic carbocycles. The van der Waals surface area contributed by atoms with Gasteiger partial charge in [0.2, 0.25) is 0 Å². The molecule has 1 heterocycles. The summed E-state index contributed by atoms with van der Waals surface area (Å²) < 4.78 is 10.3. The zero-order valence-corrected chi connectivity index (χ0v) is 15.5. The quantitative estimate of drug-likeness (QED) is 0.701. The van der Waals surface area contributed by atoms with Crippen LogP contribution in [0.1, 0.15) is 23.9 Å². The molecule has 0 bridgehead atoms. The van der Waals surface area contributed by atoms with Gasteiger partial charge in [-0.2, -0.15) is 0 Å². The van der Waals surface area contributed by atoms with Crippen LogP contribution in [0.4, 0.5) is 0 Å². The summed E-state index contributed by atoms with van der Waals surface area (Å²) in [6.07, 6.45) is 0.343. The Hall–Kier alpha value is -2.33. The highest BCUT2D eigenvalue weighted by Crippen LogP contribution is 2.22. The SMILES string of the molecule is CCc1n(CC(O)COc2c(C)cccc2C)c2ccccc2[n+]1C. The van der Waals surface area contributed by atoms with Crippen LogP contribution in [0.5, 0.6) is 5.75 Å². The summed E-state index contributed by atoms with van der Waals surface area (Å²) in [5.41, 5.74) is 4.52. The maximum Gasteiger partial charge on any atom is 0.256 e. The van der Waals surface area contributed by atoms with Crippen molar-refractivity contribution in [2.24, 2.45) is 7.05 Å². The van der Waals surface area contributed by atoms with Crippen molar-refractivity contribution in [3.05, 3.63) is 59.4 Å². The van der Waals surface area contributed by atoms with E-state index in [0.29, 0.717) is 6.54 Å². The van der Waals surface area contributed by atoms with Crippen LogP contribution < -0.4 is 9.30 Å². The lowest BCUT2D eigenvalue weighted by atomic mass is 10.1. The molecule has 0 aliphatic carbocycles. The minimum atomic E-state index is -0.569. The number of aliphatic hydroxyl groups excluding tert-OH is 1. The summed E-state index contributed by atoms with van der Waals surface area (Å²) in [6, 6.07) is 14.4. The first-order chi connectivity index (χ1) is 12.0. The van der Waals surface area contributed by atoms with Crippen LogP contribution in [0.15, 0.2) is 42.5 Å². The smallest absolute Gasteiger partial charge is 0.256 e. The van der Waals surface area contributed by atoms with Crippen LogP contribution in [0.3, 0.4) is 0 Å². The molecule has 0 amide bonds. The molecule has 4 nitrogen and oxygen atoms in total. The number of ether oxygens (including phenoxy) is 1. The Kier molecular flexibility index (Phi) is 5.09. The number of aliphatic hydroxyl groups is 1. The van der Waals surface area contributed by atoms with Crippen molar-refractivity contribution in [3.8, 4) is 5.75 Å². The summed E-state index contributed by atoms with van der Waals surface area (Å²) in [5.74, 6) is 2.08. The number of para-hydroxylation sites is 3. The van der Waals surface area contributed by atoms with Crippen LogP contribution in [0.2, 0.25) is 0 Å². The second-order valence-electron chi connectivity index (χ2n) is 6.61. The number of hydrogen-bond acceptors (Lipinski definition) is 2. The molecule has 1 aromatic heterocycles. The summed E-state index contributed by atoms with van der Waals surface area (Å²) in [6.45, 7) is 7.01. The molecule has 132 valence electrons. The van der Waals surface area contributed by atoms with E-state index in [0.717, 1.165) is 28.8 Å². The van der Waals surface area contributed by atoms with E-state index in [4.69, 9.17) is 4.74 Å². The molecule has 1 atom stereocenters. The number of benzene rings is 2. The van der Waals surface area contributed by atoms with E-state index in [1.54, 1.807) is 0 Å². The van der Waals surface area contributed by atoms with Crippen molar-refractivity contribution in [2.75, 3.05) is 6.61 Å². The van der Waals surface area contributed by atoms with E-state index in [-0.39, 0.29) is 6.61 Å². The summed E-state index contributed by atoms with van der Waals surface area (Å²) in [4.78, 5) is 0. The number of imidazole rings is 1. The molecule has 3 aromatic rings. The van der Waals surface area contributed by atoms with Gasteiger partial charge in [0.1, 0.15) is 25.0 Å². The Morgan fingerprint density at radius 3 is 2.44 bits per heavy atom. The van der Waals surface area contributed by atoms with Crippen LogP contribution in [-0.2, 0) is 20.0 Å². The molecule has 0 radical (unpaired) electrons. The Morgan fingerprint density at radius 2 is 1.76 bits per heavy atom. The van der Waals surface area contributed by atoms with E-state index >= 15 is 0 Å².